The van der Waals surface area contributed by atoms with Gasteiger partial charge in [0.05, 0.1) is 20.1 Å². The zero-order chi connectivity index (χ0) is 14.0. The van der Waals surface area contributed by atoms with E-state index in [1.165, 1.54) is 12.0 Å². The second kappa shape index (κ2) is 9.76. The minimum atomic E-state index is -2.54. The predicted molar refractivity (Wildman–Crippen MR) is 60.3 cm³/mol. The number of alkyl halides is 2. The number of carbonyl (C=O) groups excluding carboxylic acids is 2. The van der Waals surface area contributed by atoms with Crippen LogP contribution < -0.4 is 0 Å². The smallest absolute Gasteiger partial charge is 0.325 e. The normalized spacial score (nSPS) is 10.5. The number of methoxy groups -OCH3 is 1. The van der Waals surface area contributed by atoms with Gasteiger partial charge in [0.2, 0.25) is 5.91 Å². The molecule has 0 unspecified atom stereocenters. The van der Waals surface area contributed by atoms with Gasteiger partial charge < -0.3 is 14.4 Å². The highest BCUT2D eigenvalue weighted by Gasteiger charge is 2.16. The van der Waals surface area contributed by atoms with Gasteiger partial charge in [0, 0.05) is 6.54 Å². The first kappa shape index (κ1) is 16.8. The van der Waals surface area contributed by atoms with E-state index in [2.05, 4.69) is 9.47 Å². The van der Waals surface area contributed by atoms with Crippen LogP contribution in [0.5, 0.6) is 0 Å². The van der Waals surface area contributed by atoms with Crippen molar-refractivity contribution in [3.8, 4) is 0 Å². The molecule has 106 valence electrons. The van der Waals surface area contributed by atoms with Crippen LogP contribution in [0.25, 0.3) is 0 Å². The largest absolute Gasteiger partial charge is 0.468 e. The Morgan fingerprint density at radius 1 is 1.33 bits per heavy atom. The maximum absolute atomic E-state index is 11.8. The molecule has 0 bridgehead atoms. The van der Waals surface area contributed by atoms with E-state index in [1.807, 2.05) is 6.92 Å². The first-order chi connectivity index (χ1) is 8.51. The first-order valence-electron chi connectivity index (χ1n) is 5.71. The summed E-state index contributed by atoms with van der Waals surface area (Å²) in [6, 6.07) is 0. The van der Waals surface area contributed by atoms with Gasteiger partial charge in [-0.05, 0) is 6.42 Å². The Kier molecular flexibility index (Phi) is 9.08. The quantitative estimate of drug-likeness (QED) is 0.463. The van der Waals surface area contributed by atoms with Gasteiger partial charge in [-0.15, -0.1) is 0 Å². The molecule has 0 heterocycles. The van der Waals surface area contributed by atoms with Crippen molar-refractivity contribution in [1.29, 1.82) is 0 Å². The highest BCUT2D eigenvalue weighted by molar-refractivity contribution is 5.82. The van der Waals surface area contributed by atoms with E-state index in [0.29, 0.717) is 13.0 Å². The van der Waals surface area contributed by atoms with E-state index in [-0.39, 0.29) is 25.5 Å². The lowest BCUT2D eigenvalue weighted by molar-refractivity contribution is -0.147. The summed E-state index contributed by atoms with van der Waals surface area (Å²) in [5.41, 5.74) is 0. The zero-order valence-corrected chi connectivity index (χ0v) is 10.7. The molecular weight excluding hydrogens is 248 g/mol. The minimum absolute atomic E-state index is 0.0241. The van der Waals surface area contributed by atoms with Crippen LogP contribution in [0.3, 0.4) is 0 Å². The Hall–Kier alpha value is -1.24. The number of rotatable bonds is 9. The lowest BCUT2D eigenvalue weighted by Gasteiger charge is -2.20. The average Bonchev–Trinajstić information content (AvgIpc) is 2.33. The van der Waals surface area contributed by atoms with Crippen molar-refractivity contribution < 1.29 is 27.8 Å². The van der Waals surface area contributed by atoms with Crippen molar-refractivity contribution in [2.75, 3.05) is 33.4 Å². The third-order valence-electron chi connectivity index (χ3n) is 2.10. The molecule has 0 aliphatic heterocycles. The number of hydrogen-bond acceptors (Lipinski definition) is 4. The van der Waals surface area contributed by atoms with E-state index in [4.69, 9.17) is 0 Å². The van der Waals surface area contributed by atoms with Gasteiger partial charge in [-0.3, -0.25) is 9.59 Å². The van der Waals surface area contributed by atoms with E-state index >= 15 is 0 Å². The summed E-state index contributed by atoms with van der Waals surface area (Å²) in [4.78, 5) is 24.1. The Balaban J connectivity index is 4.01. The van der Waals surface area contributed by atoms with Crippen molar-refractivity contribution in [3.63, 3.8) is 0 Å². The number of amides is 1. The van der Waals surface area contributed by atoms with Crippen molar-refractivity contribution >= 4 is 11.9 Å². The molecule has 1 amide bonds. The van der Waals surface area contributed by atoms with Crippen LogP contribution >= 0.6 is 0 Å². The average molecular weight is 267 g/mol. The molecule has 0 rings (SSSR count). The molecule has 5 nitrogen and oxygen atoms in total. The molecule has 0 N–H and O–H groups in total. The van der Waals surface area contributed by atoms with Crippen LogP contribution in [0, 0.1) is 0 Å². The third-order valence-corrected chi connectivity index (χ3v) is 2.10. The summed E-state index contributed by atoms with van der Waals surface area (Å²) < 4.78 is 32.6. The summed E-state index contributed by atoms with van der Waals surface area (Å²) in [5, 5.41) is 0. The van der Waals surface area contributed by atoms with E-state index in [1.54, 1.807) is 0 Å². The monoisotopic (exact) mass is 267 g/mol. The lowest BCUT2D eigenvalue weighted by atomic mass is 10.3. The Morgan fingerprint density at radius 2 is 2.00 bits per heavy atom. The summed E-state index contributed by atoms with van der Waals surface area (Å²) in [6.07, 6.45) is -1.87. The van der Waals surface area contributed by atoms with Crippen LogP contribution in [0.1, 0.15) is 19.8 Å². The van der Waals surface area contributed by atoms with Gasteiger partial charge in [-0.2, -0.15) is 0 Å². The van der Waals surface area contributed by atoms with Gasteiger partial charge in [0.25, 0.3) is 6.43 Å². The SMILES string of the molecule is CCCN(CC(=O)OC)C(=O)CCOCC(F)F. The number of ether oxygens (including phenoxy) is 2. The maximum atomic E-state index is 11.8. The molecule has 0 aromatic rings. The molecule has 0 saturated heterocycles. The van der Waals surface area contributed by atoms with Crippen molar-refractivity contribution in [2.45, 2.75) is 26.2 Å². The van der Waals surface area contributed by atoms with Gasteiger partial charge in [0.1, 0.15) is 13.2 Å². The summed E-state index contributed by atoms with van der Waals surface area (Å²) in [7, 11) is 1.24. The molecule has 0 radical (unpaired) electrons. The number of nitrogens with zero attached hydrogens (tertiary/aromatic N) is 1. The third kappa shape index (κ3) is 7.94. The van der Waals surface area contributed by atoms with Crippen LogP contribution in [-0.2, 0) is 19.1 Å². The molecule has 0 aliphatic rings. The maximum Gasteiger partial charge on any atom is 0.325 e. The molecule has 0 aliphatic carbocycles. The first-order valence-corrected chi connectivity index (χ1v) is 5.71. The molecule has 0 spiro atoms. The molecule has 0 saturated carbocycles. The van der Waals surface area contributed by atoms with E-state index < -0.39 is 19.0 Å². The predicted octanol–water partition coefficient (Wildman–Crippen LogP) is 1.07. The summed E-state index contributed by atoms with van der Waals surface area (Å²) in [6.45, 7) is 1.40. The number of esters is 1. The Bertz CT molecular complexity index is 261. The molecular formula is C11H19F2NO4. The second-order valence-corrected chi connectivity index (χ2v) is 3.61. The Morgan fingerprint density at radius 3 is 2.50 bits per heavy atom. The van der Waals surface area contributed by atoms with Crippen LogP contribution in [0.2, 0.25) is 0 Å². The summed E-state index contributed by atoms with van der Waals surface area (Å²) in [5.74, 6) is -0.818. The molecule has 0 aromatic carbocycles. The van der Waals surface area contributed by atoms with Crippen LogP contribution in [0.15, 0.2) is 0 Å². The highest BCUT2D eigenvalue weighted by atomic mass is 19.3. The number of carbonyl (C=O) groups is 2. The van der Waals surface area contributed by atoms with Crippen LogP contribution in [-0.4, -0.2) is 56.6 Å². The van der Waals surface area contributed by atoms with Gasteiger partial charge in [0.15, 0.2) is 0 Å². The summed E-state index contributed by atoms with van der Waals surface area (Å²) >= 11 is 0. The fourth-order valence-electron chi connectivity index (χ4n) is 1.27. The highest BCUT2D eigenvalue weighted by Crippen LogP contribution is 1.99. The topological polar surface area (TPSA) is 55.8 Å². The standard InChI is InChI=1S/C11H19F2NO4/c1-3-5-14(7-11(16)17-2)10(15)4-6-18-8-9(12)13/h9H,3-8H2,1-2H3. The van der Waals surface area contributed by atoms with Crippen molar-refractivity contribution in [2.24, 2.45) is 0 Å². The van der Waals surface area contributed by atoms with E-state index in [0.717, 1.165) is 0 Å². The second-order valence-electron chi connectivity index (χ2n) is 3.61. The molecule has 0 fully saturated rings. The van der Waals surface area contributed by atoms with Crippen molar-refractivity contribution in [1.82, 2.24) is 4.90 Å². The van der Waals surface area contributed by atoms with Crippen LogP contribution in [0.4, 0.5) is 8.78 Å². The minimum Gasteiger partial charge on any atom is -0.468 e. The number of hydrogen-bond donors (Lipinski definition) is 0. The van der Waals surface area contributed by atoms with E-state index in [9.17, 15) is 18.4 Å². The molecule has 7 heteroatoms. The molecule has 0 aromatic heterocycles. The fraction of sp³-hybridized carbons (Fsp3) is 0.818. The fourth-order valence-corrected chi connectivity index (χ4v) is 1.27. The molecule has 0 atom stereocenters. The lowest BCUT2D eigenvalue weighted by Crippen LogP contribution is -2.37. The van der Waals surface area contributed by atoms with Gasteiger partial charge in [-0.25, -0.2) is 8.78 Å². The number of halogens is 2. The molecule has 18 heavy (non-hydrogen) atoms. The zero-order valence-electron chi connectivity index (χ0n) is 10.7. The van der Waals surface area contributed by atoms with Gasteiger partial charge >= 0.3 is 5.97 Å². The van der Waals surface area contributed by atoms with Crippen molar-refractivity contribution in [3.05, 3.63) is 0 Å². The Labute approximate surface area is 105 Å². The van der Waals surface area contributed by atoms with Gasteiger partial charge in [-0.1, -0.05) is 6.92 Å².